The van der Waals surface area contributed by atoms with Crippen LogP contribution in [0.3, 0.4) is 0 Å². The maximum Gasteiger partial charge on any atom is 0.251 e. The molecular weight excluding hydrogens is 390 g/mol. The van der Waals surface area contributed by atoms with E-state index in [9.17, 15) is 18.0 Å². The molecule has 1 fully saturated rings. The SMILES string of the molecule is CS(=O)(=O)N1CCc2cc(C(=O)NCc3ccc(NC(=O)C4CC4)cc3)ccc21. The molecule has 2 aromatic rings. The van der Waals surface area contributed by atoms with Crippen LogP contribution in [-0.2, 0) is 27.8 Å². The van der Waals surface area contributed by atoms with Gasteiger partial charge in [0, 0.05) is 30.3 Å². The summed E-state index contributed by atoms with van der Waals surface area (Å²) in [5.74, 6) is 0.0135. The first-order chi connectivity index (χ1) is 13.8. The summed E-state index contributed by atoms with van der Waals surface area (Å²) in [6.07, 6.45) is 3.71. The predicted molar refractivity (Wildman–Crippen MR) is 111 cm³/mol. The summed E-state index contributed by atoms with van der Waals surface area (Å²) in [6.45, 7) is 0.769. The van der Waals surface area contributed by atoms with Crippen molar-refractivity contribution in [2.75, 3.05) is 22.4 Å². The van der Waals surface area contributed by atoms with Crippen molar-refractivity contribution in [3.8, 4) is 0 Å². The summed E-state index contributed by atoms with van der Waals surface area (Å²) in [4.78, 5) is 24.3. The second kappa shape index (κ2) is 7.51. The number of anilines is 2. The predicted octanol–water partition coefficient (Wildman–Crippen LogP) is 2.29. The van der Waals surface area contributed by atoms with Gasteiger partial charge in [-0.05, 0) is 60.7 Å². The van der Waals surface area contributed by atoms with Crippen LogP contribution in [0.25, 0.3) is 0 Å². The molecule has 29 heavy (non-hydrogen) atoms. The van der Waals surface area contributed by atoms with Crippen LogP contribution in [0, 0.1) is 5.92 Å². The van der Waals surface area contributed by atoms with Crippen LogP contribution >= 0.6 is 0 Å². The number of hydrogen-bond acceptors (Lipinski definition) is 4. The van der Waals surface area contributed by atoms with Gasteiger partial charge in [0.2, 0.25) is 15.9 Å². The Hall–Kier alpha value is -2.87. The van der Waals surface area contributed by atoms with Crippen molar-refractivity contribution >= 4 is 33.2 Å². The summed E-state index contributed by atoms with van der Waals surface area (Å²) >= 11 is 0. The lowest BCUT2D eigenvalue weighted by Crippen LogP contribution is -2.27. The van der Waals surface area contributed by atoms with Gasteiger partial charge in [0.25, 0.3) is 5.91 Å². The summed E-state index contributed by atoms with van der Waals surface area (Å²) in [7, 11) is -3.30. The molecule has 1 saturated carbocycles. The molecule has 8 heteroatoms. The maximum absolute atomic E-state index is 12.5. The van der Waals surface area contributed by atoms with E-state index in [0.717, 1.165) is 29.7 Å². The molecule has 1 aliphatic carbocycles. The Bertz CT molecular complexity index is 1060. The third-order valence-corrected chi connectivity index (χ3v) is 6.40. The number of nitrogens with one attached hydrogen (secondary N) is 2. The highest BCUT2D eigenvalue weighted by Gasteiger charge is 2.29. The number of hydrogen-bond donors (Lipinski definition) is 2. The number of nitrogens with zero attached hydrogens (tertiary/aromatic N) is 1. The van der Waals surface area contributed by atoms with Gasteiger partial charge in [-0.1, -0.05) is 12.1 Å². The monoisotopic (exact) mass is 413 g/mol. The summed E-state index contributed by atoms with van der Waals surface area (Å²) in [5.41, 5.74) is 3.69. The molecule has 2 aromatic carbocycles. The number of carbonyl (C=O) groups excluding carboxylic acids is 2. The maximum atomic E-state index is 12.5. The molecule has 0 unspecified atom stereocenters. The van der Waals surface area contributed by atoms with Crippen molar-refractivity contribution < 1.29 is 18.0 Å². The molecule has 7 nitrogen and oxygen atoms in total. The number of carbonyl (C=O) groups is 2. The summed E-state index contributed by atoms with van der Waals surface area (Å²) < 4.78 is 25.0. The largest absolute Gasteiger partial charge is 0.348 e. The molecule has 4 rings (SSSR count). The van der Waals surface area contributed by atoms with Crippen molar-refractivity contribution in [2.45, 2.75) is 25.8 Å². The van der Waals surface area contributed by atoms with Crippen LogP contribution in [0.1, 0.15) is 34.3 Å². The minimum atomic E-state index is -3.30. The van der Waals surface area contributed by atoms with Crippen LogP contribution in [-0.4, -0.2) is 33.0 Å². The molecule has 2 aliphatic rings. The third-order valence-electron chi connectivity index (χ3n) is 5.22. The van der Waals surface area contributed by atoms with E-state index in [1.165, 1.54) is 10.6 Å². The molecule has 0 saturated heterocycles. The Morgan fingerprint density at radius 2 is 1.83 bits per heavy atom. The topological polar surface area (TPSA) is 95.6 Å². The van der Waals surface area contributed by atoms with E-state index in [1.54, 1.807) is 18.2 Å². The van der Waals surface area contributed by atoms with Crippen molar-refractivity contribution in [2.24, 2.45) is 5.92 Å². The van der Waals surface area contributed by atoms with Crippen molar-refractivity contribution in [1.29, 1.82) is 0 Å². The van der Waals surface area contributed by atoms with Crippen molar-refractivity contribution in [1.82, 2.24) is 5.32 Å². The van der Waals surface area contributed by atoms with E-state index in [4.69, 9.17) is 0 Å². The smallest absolute Gasteiger partial charge is 0.251 e. The number of rotatable bonds is 6. The lowest BCUT2D eigenvalue weighted by atomic mass is 10.1. The molecule has 0 spiro atoms. The molecule has 0 aromatic heterocycles. The van der Waals surface area contributed by atoms with Crippen molar-refractivity contribution in [3.63, 3.8) is 0 Å². The van der Waals surface area contributed by atoms with Gasteiger partial charge in [0.15, 0.2) is 0 Å². The Kier molecular flexibility index (Phi) is 5.04. The van der Waals surface area contributed by atoms with E-state index >= 15 is 0 Å². The van der Waals surface area contributed by atoms with Gasteiger partial charge in [-0.3, -0.25) is 13.9 Å². The van der Waals surface area contributed by atoms with Gasteiger partial charge in [0.05, 0.1) is 11.9 Å². The zero-order chi connectivity index (χ0) is 20.6. The number of benzene rings is 2. The zero-order valence-electron chi connectivity index (χ0n) is 16.1. The molecule has 0 atom stereocenters. The van der Waals surface area contributed by atoms with Gasteiger partial charge < -0.3 is 10.6 Å². The average molecular weight is 413 g/mol. The first kappa shape index (κ1) is 19.4. The summed E-state index contributed by atoms with van der Waals surface area (Å²) in [5, 5.41) is 5.76. The summed E-state index contributed by atoms with van der Waals surface area (Å²) in [6, 6.07) is 12.5. The lowest BCUT2D eigenvalue weighted by molar-refractivity contribution is -0.117. The first-order valence-corrected chi connectivity index (χ1v) is 11.4. The van der Waals surface area contributed by atoms with Crippen LogP contribution < -0.4 is 14.9 Å². The molecule has 0 radical (unpaired) electrons. The molecule has 152 valence electrons. The van der Waals surface area contributed by atoms with Crippen LogP contribution in [0.4, 0.5) is 11.4 Å². The molecular formula is C21H23N3O4S. The van der Waals surface area contributed by atoms with Crippen LogP contribution in [0.2, 0.25) is 0 Å². The van der Waals surface area contributed by atoms with Gasteiger partial charge >= 0.3 is 0 Å². The van der Waals surface area contributed by atoms with Gasteiger partial charge in [-0.15, -0.1) is 0 Å². The number of fused-ring (bicyclic) bond motifs is 1. The molecule has 1 heterocycles. The Balaban J connectivity index is 1.36. The highest BCUT2D eigenvalue weighted by Crippen LogP contribution is 2.31. The highest BCUT2D eigenvalue weighted by molar-refractivity contribution is 7.92. The fraction of sp³-hybridized carbons (Fsp3) is 0.333. The Morgan fingerprint density at radius 1 is 1.10 bits per heavy atom. The third kappa shape index (κ3) is 4.42. The standard InChI is InChI=1S/C21H23N3O4S/c1-29(27,28)24-11-10-16-12-17(6-9-19(16)24)20(25)22-13-14-2-7-18(8-3-14)23-21(26)15-4-5-15/h2-3,6-9,12,15H,4-5,10-11,13H2,1H3,(H,22,25)(H,23,26). The normalized spacial score (nSPS) is 15.7. The number of amides is 2. The number of sulfonamides is 1. The van der Waals surface area contributed by atoms with E-state index in [0.29, 0.717) is 30.8 Å². The van der Waals surface area contributed by atoms with Gasteiger partial charge in [0.1, 0.15) is 0 Å². The second-order valence-corrected chi connectivity index (χ2v) is 9.48. The molecule has 2 amide bonds. The van der Waals surface area contributed by atoms with Crippen molar-refractivity contribution in [3.05, 3.63) is 59.2 Å². The van der Waals surface area contributed by atoms with Crippen LogP contribution in [0.5, 0.6) is 0 Å². The second-order valence-electron chi connectivity index (χ2n) is 7.57. The molecule has 0 bridgehead atoms. The minimum Gasteiger partial charge on any atom is -0.348 e. The van der Waals surface area contributed by atoms with E-state index in [-0.39, 0.29) is 17.7 Å². The molecule has 1 aliphatic heterocycles. The lowest BCUT2D eigenvalue weighted by Gasteiger charge is -2.16. The fourth-order valence-electron chi connectivity index (χ4n) is 3.44. The van der Waals surface area contributed by atoms with E-state index < -0.39 is 10.0 Å². The quantitative estimate of drug-likeness (QED) is 0.760. The Labute approximate surface area is 170 Å². The van der Waals surface area contributed by atoms with Gasteiger partial charge in [-0.2, -0.15) is 0 Å². The highest BCUT2D eigenvalue weighted by atomic mass is 32.2. The average Bonchev–Trinajstić information content (AvgIpc) is 3.45. The molecule has 2 N–H and O–H groups in total. The van der Waals surface area contributed by atoms with Gasteiger partial charge in [-0.25, -0.2) is 8.42 Å². The first-order valence-electron chi connectivity index (χ1n) is 9.60. The fourth-order valence-corrected chi connectivity index (χ4v) is 4.40. The van der Waals surface area contributed by atoms with E-state index in [2.05, 4.69) is 10.6 Å². The zero-order valence-corrected chi connectivity index (χ0v) is 17.0. The van der Waals surface area contributed by atoms with Crippen LogP contribution in [0.15, 0.2) is 42.5 Å². The van der Waals surface area contributed by atoms with E-state index in [1.807, 2.05) is 24.3 Å². The Morgan fingerprint density at radius 3 is 2.48 bits per heavy atom. The minimum absolute atomic E-state index is 0.0668.